The minimum Gasteiger partial charge on any atom is -0.481 e. The number of carbonyl (C=O) groups is 2. The van der Waals surface area contributed by atoms with Crippen molar-refractivity contribution in [3.05, 3.63) is 0 Å². The lowest BCUT2D eigenvalue weighted by atomic mass is 9.83. The molecule has 4 heteroatoms. The summed E-state index contributed by atoms with van der Waals surface area (Å²) in [6, 6.07) is 0. The largest absolute Gasteiger partial charge is 0.481 e. The predicted molar refractivity (Wildman–Crippen MR) is 70.6 cm³/mol. The molecule has 0 atom stereocenters. The summed E-state index contributed by atoms with van der Waals surface area (Å²) < 4.78 is 5.56. The van der Waals surface area contributed by atoms with Gasteiger partial charge in [-0.2, -0.15) is 0 Å². The van der Waals surface area contributed by atoms with E-state index < -0.39 is 5.97 Å². The Bertz CT molecular complexity index is 323. The Kier molecular flexibility index (Phi) is 4.83. The van der Waals surface area contributed by atoms with E-state index in [1.165, 1.54) is 0 Å². The van der Waals surface area contributed by atoms with Gasteiger partial charge >= 0.3 is 11.9 Å². The first-order valence-electron chi connectivity index (χ1n) is 7.49. The van der Waals surface area contributed by atoms with Crippen molar-refractivity contribution in [2.45, 2.75) is 64.4 Å². The quantitative estimate of drug-likeness (QED) is 0.799. The van der Waals surface area contributed by atoms with E-state index in [0.29, 0.717) is 25.7 Å². The van der Waals surface area contributed by atoms with Crippen LogP contribution in [0, 0.1) is 17.8 Å². The van der Waals surface area contributed by atoms with Gasteiger partial charge in [0.25, 0.3) is 0 Å². The van der Waals surface area contributed by atoms with Gasteiger partial charge in [-0.05, 0) is 57.3 Å². The van der Waals surface area contributed by atoms with Crippen LogP contribution in [0.5, 0.6) is 0 Å². The number of carboxylic acid groups (broad SMARTS) is 1. The molecule has 0 aromatic rings. The maximum atomic E-state index is 12.0. The van der Waals surface area contributed by atoms with Crippen LogP contribution >= 0.6 is 0 Å². The van der Waals surface area contributed by atoms with Gasteiger partial charge in [-0.3, -0.25) is 9.59 Å². The molecule has 0 heterocycles. The number of hydrogen-bond acceptors (Lipinski definition) is 3. The van der Waals surface area contributed by atoms with E-state index >= 15 is 0 Å². The van der Waals surface area contributed by atoms with Gasteiger partial charge in [0, 0.05) is 0 Å². The molecule has 0 spiro atoms. The summed E-state index contributed by atoms with van der Waals surface area (Å²) in [5, 5.41) is 8.93. The summed E-state index contributed by atoms with van der Waals surface area (Å²) >= 11 is 0. The third kappa shape index (κ3) is 3.95. The second kappa shape index (κ2) is 6.40. The summed E-state index contributed by atoms with van der Waals surface area (Å²) in [5.74, 6) is -0.203. The molecule has 2 aliphatic carbocycles. The standard InChI is InChI=1S/C15H24O4/c1-10-2-4-12(5-3-10)15(18)19-13-8-6-11(7-9-13)14(16)17/h10-13H,2-9H2,1H3,(H,16,17). The van der Waals surface area contributed by atoms with Crippen LogP contribution in [0.1, 0.15) is 58.3 Å². The molecule has 0 saturated heterocycles. The number of carboxylic acids is 1. The van der Waals surface area contributed by atoms with Crippen LogP contribution in [0.25, 0.3) is 0 Å². The zero-order chi connectivity index (χ0) is 13.8. The minimum absolute atomic E-state index is 0.0503. The molecule has 0 bridgehead atoms. The van der Waals surface area contributed by atoms with Gasteiger partial charge in [0.05, 0.1) is 11.8 Å². The molecule has 2 rings (SSSR count). The van der Waals surface area contributed by atoms with Crippen LogP contribution in [-0.4, -0.2) is 23.1 Å². The zero-order valence-corrected chi connectivity index (χ0v) is 11.6. The summed E-state index contributed by atoms with van der Waals surface area (Å²) in [6.45, 7) is 2.23. The summed E-state index contributed by atoms with van der Waals surface area (Å²) in [4.78, 5) is 22.9. The molecular formula is C15H24O4. The number of carbonyl (C=O) groups excluding carboxylic acids is 1. The van der Waals surface area contributed by atoms with E-state index in [1.54, 1.807) is 0 Å². The fraction of sp³-hybridized carbons (Fsp3) is 0.867. The highest BCUT2D eigenvalue weighted by Gasteiger charge is 2.31. The summed E-state index contributed by atoms with van der Waals surface area (Å²) in [7, 11) is 0. The van der Waals surface area contributed by atoms with Crippen molar-refractivity contribution < 1.29 is 19.4 Å². The topological polar surface area (TPSA) is 63.6 Å². The lowest BCUT2D eigenvalue weighted by molar-refractivity contribution is -0.158. The van der Waals surface area contributed by atoms with Crippen LogP contribution < -0.4 is 0 Å². The Morgan fingerprint density at radius 1 is 0.895 bits per heavy atom. The van der Waals surface area contributed by atoms with Crippen molar-refractivity contribution in [1.29, 1.82) is 0 Å². The van der Waals surface area contributed by atoms with Gasteiger partial charge in [0.1, 0.15) is 6.10 Å². The molecule has 0 radical (unpaired) electrons. The number of esters is 1. The Morgan fingerprint density at radius 3 is 1.95 bits per heavy atom. The lowest BCUT2D eigenvalue weighted by Gasteiger charge is -2.29. The molecule has 2 fully saturated rings. The maximum Gasteiger partial charge on any atom is 0.309 e. The van der Waals surface area contributed by atoms with Crippen molar-refractivity contribution in [3.8, 4) is 0 Å². The van der Waals surface area contributed by atoms with E-state index in [1.807, 2.05) is 0 Å². The third-order valence-electron chi connectivity index (χ3n) is 4.66. The first-order valence-corrected chi connectivity index (χ1v) is 7.49. The van der Waals surface area contributed by atoms with Gasteiger partial charge < -0.3 is 9.84 Å². The van der Waals surface area contributed by atoms with Crippen LogP contribution in [0.3, 0.4) is 0 Å². The normalized spacial score (nSPS) is 35.6. The van der Waals surface area contributed by atoms with E-state index in [4.69, 9.17) is 9.84 Å². The molecule has 0 aromatic heterocycles. The second-order valence-corrected chi connectivity index (χ2v) is 6.21. The van der Waals surface area contributed by atoms with Crippen molar-refractivity contribution in [2.75, 3.05) is 0 Å². The second-order valence-electron chi connectivity index (χ2n) is 6.21. The van der Waals surface area contributed by atoms with Crippen LogP contribution in [-0.2, 0) is 14.3 Å². The van der Waals surface area contributed by atoms with Crippen molar-refractivity contribution >= 4 is 11.9 Å². The van der Waals surface area contributed by atoms with Crippen molar-refractivity contribution in [3.63, 3.8) is 0 Å². The number of hydrogen-bond donors (Lipinski definition) is 1. The molecule has 108 valence electrons. The Morgan fingerprint density at radius 2 is 1.42 bits per heavy atom. The summed E-state index contributed by atoms with van der Waals surface area (Å²) in [5.41, 5.74) is 0. The van der Waals surface area contributed by atoms with Crippen LogP contribution in [0.4, 0.5) is 0 Å². The molecule has 2 saturated carbocycles. The van der Waals surface area contributed by atoms with Crippen molar-refractivity contribution in [2.24, 2.45) is 17.8 Å². The Balaban J connectivity index is 1.73. The molecule has 1 N–H and O–H groups in total. The lowest BCUT2D eigenvalue weighted by Crippen LogP contribution is -2.31. The first kappa shape index (κ1) is 14.4. The molecular weight excluding hydrogens is 244 g/mol. The monoisotopic (exact) mass is 268 g/mol. The van der Waals surface area contributed by atoms with Gasteiger partial charge in [-0.15, -0.1) is 0 Å². The molecule has 0 amide bonds. The number of rotatable bonds is 3. The fourth-order valence-electron chi connectivity index (χ4n) is 3.18. The Hall–Kier alpha value is -1.06. The molecule has 4 nitrogen and oxygen atoms in total. The van der Waals surface area contributed by atoms with Crippen molar-refractivity contribution in [1.82, 2.24) is 0 Å². The maximum absolute atomic E-state index is 12.0. The SMILES string of the molecule is CC1CCC(C(=O)OC2CCC(C(=O)O)CC2)CC1. The molecule has 19 heavy (non-hydrogen) atoms. The third-order valence-corrected chi connectivity index (χ3v) is 4.66. The van der Waals surface area contributed by atoms with Gasteiger partial charge in [0.15, 0.2) is 0 Å². The van der Waals surface area contributed by atoms with Gasteiger partial charge in [0.2, 0.25) is 0 Å². The van der Waals surface area contributed by atoms with Gasteiger partial charge in [-0.1, -0.05) is 6.92 Å². The summed E-state index contributed by atoms with van der Waals surface area (Å²) in [6.07, 6.45) is 6.75. The van der Waals surface area contributed by atoms with Crippen LogP contribution in [0.15, 0.2) is 0 Å². The average Bonchev–Trinajstić information content (AvgIpc) is 2.40. The average molecular weight is 268 g/mol. The van der Waals surface area contributed by atoms with E-state index in [0.717, 1.165) is 31.6 Å². The zero-order valence-electron chi connectivity index (χ0n) is 11.6. The van der Waals surface area contributed by atoms with Gasteiger partial charge in [-0.25, -0.2) is 0 Å². The van der Waals surface area contributed by atoms with E-state index in [-0.39, 0.29) is 23.9 Å². The fourth-order valence-corrected chi connectivity index (χ4v) is 3.18. The van der Waals surface area contributed by atoms with E-state index in [2.05, 4.69) is 6.92 Å². The van der Waals surface area contributed by atoms with E-state index in [9.17, 15) is 9.59 Å². The highest BCUT2D eigenvalue weighted by Crippen LogP contribution is 2.31. The number of ether oxygens (including phenoxy) is 1. The number of aliphatic carboxylic acids is 1. The molecule has 2 aliphatic rings. The minimum atomic E-state index is -0.717. The smallest absolute Gasteiger partial charge is 0.309 e. The highest BCUT2D eigenvalue weighted by atomic mass is 16.5. The van der Waals surface area contributed by atoms with Crippen LogP contribution in [0.2, 0.25) is 0 Å². The molecule has 0 unspecified atom stereocenters. The molecule has 0 aromatic carbocycles. The predicted octanol–water partition coefficient (Wildman–Crippen LogP) is 3.00. The first-order chi connectivity index (χ1) is 9.06. The molecule has 0 aliphatic heterocycles. The Labute approximate surface area is 114 Å². The highest BCUT2D eigenvalue weighted by molar-refractivity contribution is 5.73.